The lowest BCUT2D eigenvalue weighted by molar-refractivity contribution is -0.140. The monoisotopic (exact) mass is 619 g/mol. The third-order valence-corrected chi connectivity index (χ3v) is 9.09. The summed E-state index contributed by atoms with van der Waals surface area (Å²) < 4.78 is 38.4. The van der Waals surface area contributed by atoms with Crippen LogP contribution >= 0.6 is 23.2 Å². The maximum absolute atomic E-state index is 14.2. The van der Waals surface area contributed by atoms with Gasteiger partial charge in [0.2, 0.25) is 28.6 Å². The van der Waals surface area contributed by atoms with E-state index in [9.17, 15) is 18.0 Å². The van der Waals surface area contributed by atoms with Crippen molar-refractivity contribution in [3.05, 3.63) is 87.9 Å². The molecule has 1 heterocycles. The number of carbonyl (C=O) groups excluding carboxylic acids is 2. The SMILES string of the molecule is CCNC(=O)C(Cc1ccccc1)N(Cc1c(Cl)cccc1Cl)C(=O)CN(c1ccc2c(c1)OCO2)S(=O)(=O)CC. The van der Waals surface area contributed by atoms with Crippen LogP contribution in [0, 0.1) is 0 Å². The average Bonchev–Trinajstić information content (AvgIpc) is 3.43. The second kappa shape index (κ2) is 13.5. The highest BCUT2D eigenvalue weighted by atomic mass is 35.5. The molecule has 4 rings (SSSR count). The van der Waals surface area contributed by atoms with Crippen LogP contribution in [0.2, 0.25) is 10.0 Å². The highest BCUT2D eigenvalue weighted by Gasteiger charge is 2.34. The number of nitrogens with one attached hydrogen (secondary N) is 1. The molecule has 12 heteroatoms. The number of amides is 2. The Morgan fingerprint density at radius 2 is 1.63 bits per heavy atom. The highest BCUT2D eigenvalue weighted by molar-refractivity contribution is 7.92. The van der Waals surface area contributed by atoms with Crippen molar-refractivity contribution >= 4 is 50.7 Å². The molecular formula is C29H31Cl2N3O6S. The smallest absolute Gasteiger partial charge is 0.244 e. The number of likely N-dealkylation sites (N-methyl/N-ethyl adjacent to an activating group) is 1. The number of rotatable bonds is 12. The minimum atomic E-state index is -3.93. The standard InChI is InChI=1S/C29H31Cl2N3O6S/c1-3-32-29(36)25(15-20-9-6-5-7-10-20)33(17-22-23(30)11-8-12-24(22)31)28(35)18-34(41(37,38)4-2)21-13-14-26-27(16-21)40-19-39-26/h5-14,16,25H,3-4,15,17-19H2,1-2H3,(H,32,36). The number of sulfonamides is 1. The van der Waals surface area contributed by atoms with Gasteiger partial charge in [-0.05, 0) is 43.7 Å². The molecule has 1 N–H and O–H groups in total. The quantitative estimate of drug-likeness (QED) is 0.316. The van der Waals surface area contributed by atoms with Gasteiger partial charge >= 0.3 is 0 Å². The van der Waals surface area contributed by atoms with Gasteiger partial charge in [0.15, 0.2) is 11.5 Å². The molecule has 1 aliphatic rings. The van der Waals surface area contributed by atoms with Gasteiger partial charge in [-0.2, -0.15) is 0 Å². The molecule has 2 amide bonds. The van der Waals surface area contributed by atoms with E-state index in [0.29, 0.717) is 33.7 Å². The van der Waals surface area contributed by atoms with Crippen molar-refractivity contribution in [1.29, 1.82) is 0 Å². The average molecular weight is 621 g/mol. The lowest BCUT2D eigenvalue weighted by atomic mass is 10.0. The van der Waals surface area contributed by atoms with Crippen LogP contribution in [0.5, 0.6) is 11.5 Å². The molecule has 1 unspecified atom stereocenters. The Kier molecular flexibility index (Phi) is 10.0. The molecule has 1 aliphatic heterocycles. The van der Waals surface area contributed by atoms with Crippen molar-refractivity contribution in [1.82, 2.24) is 10.2 Å². The van der Waals surface area contributed by atoms with E-state index in [1.54, 1.807) is 37.3 Å². The molecule has 3 aromatic carbocycles. The summed E-state index contributed by atoms with van der Waals surface area (Å²) in [5, 5.41) is 3.45. The molecule has 0 spiro atoms. The van der Waals surface area contributed by atoms with E-state index in [4.69, 9.17) is 32.7 Å². The third-order valence-electron chi connectivity index (χ3n) is 6.64. The zero-order valence-corrected chi connectivity index (χ0v) is 25.0. The van der Waals surface area contributed by atoms with Crippen LogP contribution in [0.4, 0.5) is 5.69 Å². The largest absolute Gasteiger partial charge is 0.454 e. The number of hydrogen-bond donors (Lipinski definition) is 1. The van der Waals surface area contributed by atoms with Gasteiger partial charge in [0, 0.05) is 41.2 Å². The fourth-order valence-electron chi connectivity index (χ4n) is 4.46. The zero-order valence-electron chi connectivity index (χ0n) is 22.7. The Morgan fingerprint density at radius 1 is 0.951 bits per heavy atom. The maximum atomic E-state index is 14.2. The minimum absolute atomic E-state index is 0.0122. The molecule has 1 atom stereocenters. The first-order valence-corrected chi connectivity index (χ1v) is 15.4. The lowest BCUT2D eigenvalue weighted by Gasteiger charge is -2.34. The van der Waals surface area contributed by atoms with Gasteiger partial charge in [0.1, 0.15) is 12.6 Å². The van der Waals surface area contributed by atoms with E-state index in [-0.39, 0.29) is 37.1 Å². The number of anilines is 1. The van der Waals surface area contributed by atoms with Crippen LogP contribution < -0.4 is 19.1 Å². The van der Waals surface area contributed by atoms with Gasteiger partial charge in [-0.25, -0.2) is 8.42 Å². The third kappa shape index (κ3) is 7.25. The number of nitrogens with zero attached hydrogens (tertiary/aromatic N) is 2. The van der Waals surface area contributed by atoms with E-state index in [1.807, 2.05) is 30.3 Å². The molecule has 0 saturated carbocycles. The number of fused-ring (bicyclic) bond motifs is 1. The van der Waals surface area contributed by atoms with Crippen LogP contribution in [-0.2, 0) is 32.6 Å². The lowest BCUT2D eigenvalue weighted by Crippen LogP contribution is -2.53. The van der Waals surface area contributed by atoms with Gasteiger partial charge in [-0.15, -0.1) is 0 Å². The van der Waals surface area contributed by atoms with Gasteiger partial charge in [0.05, 0.1) is 11.4 Å². The molecule has 218 valence electrons. The van der Waals surface area contributed by atoms with E-state index < -0.39 is 28.5 Å². The van der Waals surface area contributed by atoms with Crippen molar-refractivity contribution in [2.75, 3.05) is 29.9 Å². The summed E-state index contributed by atoms with van der Waals surface area (Å²) in [5.74, 6) is -0.406. The number of hydrogen-bond acceptors (Lipinski definition) is 6. The summed E-state index contributed by atoms with van der Waals surface area (Å²) in [6.07, 6.45) is 0.186. The second-order valence-electron chi connectivity index (χ2n) is 9.27. The van der Waals surface area contributed by atoms with E-state index in [0.717, 1.165) is 9.87 Å². The summed E-state index contributed by atoms with van der Waals surface area (Å²) >= 11 is 13.0. The van der Waals surface area contributed by atoms with Crippen LogP contribution in [0.1, 0.15) is 25.0 Å². The van der Waals surface area contributed by atoms with Crippen LogP contribution in [-0.4, -0.2) is 56.8 Å². The van der Waals surface area contributed by atoms with Crippen molar-refractivity contribution in [2.24, 2.45) is 0 Å². The summed E-state index contributed by atoms with van der Waals surface area (Å²) in [7, 11) is -3.93. The Labute approximate surface area is 250 Å². The normalized spacial score (nSPS) is 13.0. The molecule has 0 fully saturated rings. The van der Waals surface area contributed by atoms with Gasteiger partial charge in [-0.1, -0.05) is 59.6 Å². The van der Waals surface area contributed by atoms with E-state index in [1.165, 1.54) is 17.9 Å². The number of carbonyl (C=O) groups is 2. The fraction of sp³-hybridized carbons (Fsp3) is 0.310. The molecular weight excluding hydrogens is 589 g/mol. The molecule has 0 saturated heterocycles. The Bertz CT molecular complexity index is 1480. The Hall–Kier alpha value is -3.47. The first-order valence-electron chi connectivity index (χ1n) is 13.1. The molecule has 9 nitrogen and oxygen atoms in total. The minimum Gasteiger partial charge on any atom is -0.454 e. The van der Waals surface area contributed by atoms with Gasteiger partial charge < -0.3 is 19.7 Å². The molecule has 3 aromatic rings. The number of halogens is 2. The zero-order chi connectivity index (χ0) is 29.6. The topological polar surface area (TPSA) is 105 Å². The first kappa shape index (κ1) is 30.5. The Morgan fingerprint density at radius 3 is 2.29 bits per heavy atom. The van der Waals surface area contributed by atoms with Crippen molar-refractivity contribution in [2.45, 2.75) is 32.9 Å². The molecule has 0 radical (unpaired) electrons. The molecule has 0 aromatic heterocycles. The van der Waals surface area contributed by atoms with Crippen molar-refractivity contribution in [3.8, 4) is 11.5 Å². The summed E-state index contributed by atoms with van der Waals surface area (Å²) in [4.78, 5) is 29.0. The Balaban J connectivity index is 1.77. The summed E-state index contributed by atoms with van der Waals surface area (Å²) in [5.41, 5.74) is 1.50. The molecule has 41 heavy (non-hydrogen) atoms. The second-order valence-corrected chi connectivity index (χ2v) is 12.3. The summed E-state index contributed by atoms with van der Waals surface area (Å²) in [6, 6.07) is 17.9. The van der Waals surface area contributed by atoms with E-state index in [2.05, 4.69) is 5.32 Å². The predicted molar refractivity (Wildman–Crippen MR) is 159 cm³/mol. The fourth-order valence-corrected chi connectivity index (χ4v) is 6.03. The first-order chi connectivity index (χ1) is 19.6. The number of ether oxygens (including phenoxy) is 2. The summed E-state index contributed by atoms with van der Waals surface area (Å²) in [6.45, 7) is 2.94. The number of benzene rings is 3. The molecule has 0 aliphatic carbocycles. The van der Waals surface area contributed by atoms with Crippen molar-refractivity contribution < 1.29 is 27.5 Å². The van der Waals surface area contributed by atoms with Crippen molar-refractivity contribution in [3.63, 3.8) is 0 Å². The van der Waals surface area contributed by atoms with Crippen LogP contribution in [0.25, 0.3) is 0 Å². The van der Waals surface area contributed by atoms with Crippen LogP contribution in [0.15, 0.2) is 66.7 Å². The maximum Gasteiger partial charge on any atom is 0.244 e. The van der Waals surface area contributed by atoms with Gasteiger partial charge in [0.25, 0.3) is 0 Å². The molecule has 0 bridgehead atoms. The van der Waals surface area contributed by atoms with Crippen LogP contribution in [0.3, 0.4) is 0 Å². The van der Waals surface area contributed by atoms with E-state index >= 15 is 0 Å². The predicted octanol–water partition coefficient (Wildman–Crippen LogP) is 4.65. The van der Waals surface area contributed by atoms with Gasteiger partial charge in [-0.3, -0.25) is 13.9 Å². The highest BCUT2D eigenvalue weighted by Crippen LogP contribution is 2.36.